The highest BCUT2D eigenvalue weighted by atomic mass is 16.5. The molecule has 0 aromatic heterocycles. The van der Waals surface area contributed by atoms with Crippen LogP contribution in [0.5, 0.6) is 0 Å². The number of hydrogen-bond donors (Lipinski definition) is 0. The van der Waals surface area contributed by atoms with E-state index in [1.165, 1.54) is 180 Å². The van der Waals surface area contributed by atoms with E-state index in [-0.39, 0.29) is 35.0 Å². The van der Waals surface area contributed by atoms with Crippen LogP contribution < -0.4 is 0 Å². The summed E-state index contributed by atoms with van der Waals surface area (Å²) in [5.41, 5.74) is 4.70. The number of hydrogen-bond acceptors (Lipinski definition) is 4. The van der Waals surface area contributed by atoms with E-state index in [9.17, 15) is 9.59 Å². The lowest BCUT2D eigenvalue weighted by Gasteiger charge is -2.59. The van der Waals surface area contributed by atoms with Crippen molar-refractivity contribution in [3.05, 3.63) is 23.3 Å². The first-order valence-corrected chi connectivity index (χ1v) is 34.1. The number of rotatable bonds is 27. The molecule has 0 aliphatic heterocycles. The van der Waals surface area contributed by atoms with E-state index in [4.69, 9.17) is 9.47 Å². The first-order valence-electron chi connectivity index (χ1n) is 34.1. The van der Waals surface area contributed by atoms with Crippen LogP contribution in [0.15, 0.2) is 23.3 Å². The SMILES string of the molecule is CCCCCCC1C[C@@]2(C)C(=CC[C@H]3[C@@H]4CC[C@H]([C@H](C)CCCC(C)C)[C@@]4(C)CC[C@@H]32)C[C@H]1OC(=O)CCCCC(=O)O[C@@H]1CC2=CC[C@H]3[C@@H]4CC[C@H]([C@H](C)CCCC(C)C)[C@@]4(C)CC[C@@H]3[C@@]2(C)CC1CCCCCC. The Labute approximate surface area is 470 Å². The van der Waals surface area contributed by atoms with Gasteiger partial charge < -0.3 is 9.47 Å². The smallest absolute Gasteiger partial charge is 0.306 e. The average Bonchev–Trinajstić information content (AvgIpc) is 4.03. The van der Waals surface area contributed by atoms with E-state index < -0.39 is 0 Å². The molecule has 0 heterocycles. The van der Waals surface area contributed by atoms with Crippen molar-refractivity contribution in [1.82, 2.24) is 0 Å². The topological polar surface area (TPSA) is 52.6 Å². The van der Waals surface area contributed by atoms with Gasteiger partial charge in [0.1, 0.15) is 12.2 Å². The lowest BCUT2D eigenvalue weighted by atomic mass is 9.46. The van der Waals surface area contributed by atoms with Crippen molar-refractivity contribution < 1.29 is 19.1 Å². The van der Waals surface area contributed by atoms with Crippen LogP contribution in [0.1, 0.15) is 301 Å². The first kappa shape index (κ1) is 60.5. The fourth-order valence-electron chi connectivity index (χ4n) is 21.2. The van der Waals surface area contributed by atoms with E-state index >= 15 is 0 Å². The summed E-state index contributed by atoms with van der Waals surface area (Å²) < 4.78 is 13.2. The summed E-state index contributed by atoms with van der Waals surface area (Å²) in [5.74, 6) is 10.7. The first-order chi connectivity index (χ1) is 36.4. The van der Waals surface area contributed by atoms with E-state index in [1.807, 2.05) is 0 Å². The lowest BCUT2D eigenvalue weighted by molar-refractivity contribution is -0.158. The summed E-state index contributed by atoms with van der Waals surface area (Å²) in [6.45, 7) is 30.1. The molecule has 0 aromatic carbocycles. The van der Waals surface area contributed by atoms with Gasteiger partial charge in [-0.15, -0.1) is 0 Å². The summed E-state index contributed by atoms with van der Waals surface area (Å²) in [5, 5.41) is 0. The molecule has 4 nitrogen and oxygen atoms in total. The van der Waals surface area contributed by atoms with Crippen LogP contribution in [-0.2, 0) is 19.1 Å². The van der Waals surface area contributed by atoms with Gasteiger partial charge in [0.25, 0.3) is 0 Å². The van der Waals surface area contributed by atoms with Gasteiger partial charge in [0, 0.05) is 25.7 Å². The van der Waals surface area contributed by atoms with Crippen molar-refractivity contribution in [2.45, 2.75) is 314 Å². The second-order valence-corrected chi connectivity index (χ2v) is 30.9. The highest BCUT2D eigenvalue weighted by molar-refractivity contribution is 5.71. The average molecular weight is 1050 g/mol. The minimum Gasteiger partial charge on any atom is -0.462 e. The van der Waals surface area contributed by atoms with Crippen LogP contribution in [0.4, 0.5) is 0 Å². The molecule has 6 fully saturated rings. The third-order valence-electron chi connectivity index (χ3n) is 25.4. The molecule has 6 saturated carbocycles. The molecule has 0 amide bonds. The van der Waals surface area contributed by atoms with E-state index in [0.717, 1.165) is 83.9 Å². The fraction of sp³-hybridized carbons (Fsp3) is 0.917. The Hall–Kier alpha value is -1.58. The Morgan fingerprint density at radius 3 is 1.29 bits per heavy atom. The molecule has 0 bridgehead atoms. The van der Waals surface area contributed by atoms with Crippen molar-refractivity contribution in [2.75, 3.05) is 0 Å². The normalized spacial score (nSPS) is 39.4. The number of carbonyl (C=O) groups excluding carboxylic acids is 2. The molecule has 8 rings (SSSR count). The van der Waals surface area contributed by atoms with Crippen LogP contribution >= 0.6 is 0 Å². The summed E-state index contributed by atoms with van der Waals surface area (Å²) in [7, 11) is 0. The zero-order valence-electron chi connectivity index (χ0n) is 52.1. The standard InChI is InChI=1S/C72H122O4/c1-13-15-17-19-29-53-47-71(11)55(33-35-57-61-39-37-59(51(7)27-23-25-49(3)4)69(61,9)43-41-63(57)71)45-65(53)75-67(73)31-21-22-32-68(74)76-66-46-56-34-36-58-62-40-38-60(52(8)28-24-26-50(5)6)70(62,10)44-42-64(58)72(56,12)48-54(66)30-20-18-16-14-2/h33-34,49-54,57-66H,13-32,35-48H2,1-12H3/t51-,52-,53?,54?,57+,58+,59-,60-,61+,62+,63+,64+,65-,66-,69-,70-,71+,72+/m1/s1. The maximum absolute atomic E-state index is 13.9. The van der Waals surface area contributed by atoms with Crippen molar-refractivity contribution in [2.24, 2.45) is 105 Å². The zero-order valence-corrected chi connectivity index (χ0v) is 52.1. The predicted octanol–water partition coefficient (Wildman–Crippen LogP) is 20.8. The third kappa shape index (κ3) is 13.2. The third-order valence-corrected chi connectivity index (χ3v) is 25.4. The molecule has 434 valence electrons. The van der Waals surface area contributed by atoms with Crippen LogP contribution in [0.2, 0.25) is 0 Å². The van der Waals surface area contributed by atoms with Crippen molar-refractivity contribution >= 4 is 11.9 Å². The van der Waals surface area contributed by atoms with E-state index in [0.29, 0.717) is 48.3 Å². The van der Waals surface area contributed by atoms with Crippen molar-refractivity contribution in [1.29, 1.82) is 0 Å². The van der Waals surface area contributed by atoms with Gasteiger partial charge in [-0.1, -0.05) is 196 Å². The molecule has 18 atom stereocenters. The number of carbonyl (C=O) groups is 2. The Bertz CT molecular complexity index is 1790. The van der Waals surface area contributed by atoms with Crippen molar-refractivity contribution in [3.63, 3.8) is 0 Å². The van der Waals surface area contributed by atoms with Crippen LogP contribution in [0, 0.1) is 105 Å². The minimum atomic E-state index is -0.0451. The lowest BCUT2D eigenvalue weighted by Crippen LogP contribution is -2.52. The molecular weight excluding hydrogens is 929 g/mol. The van der Waals surface area contributed by atoms with Gasteiger partial charge in [0.15, 0.2) is 0 Å². The molecule has 0 saturated heterocycles. The van der Waals surface area contributed by atoms with Crippen LogP contribution in [0.3, 0.4) is 0 Å². The van der Waals surface area contributed by atoms with Gasteiger partial charge in [-0.05, 0) is 207 Å². The molecule has 8 aliphatic rings. The number of esters is 2. The molecule has 0 spiro atoms. The van der Waals surface area contributed by atoms with Crippen LogP contribution in [-0.4, -0.2) is 24.1 Å². The predicted molar refractivity (Wildman–Crippen MR) is 320 cm³/mol. The number of unbranched alkanes of at least 4 members (excludes halogenated alkanes) is 7. The number of allylic oxidation sites excluding steroid dienone is 2. The van der Waals surface area contributed by atoms with Crippen LogP contribution in [0.25, 0.3) is 0 Å². The quantitative estimate of drug-likeness (QED) is 0.0467. The second kappa shape index (κ2) is 26.6. The van der Waals surface area contributed by atoms with Gasteiger partial charge >= 0.3 is 11.9 Å². The summed E-state index contributed by atoms with van der Waals surface area (Å²) in [6.07, 6.45) is 46.4. The maximum atomic E-state index is 13.9. The Kier molecular flexibility index (Phi) is 21.1. The molecule has 0 N–H and O–H groups in total. The summed E-state index contributed by atoms with van der Waals surface area (Å²) >= 11 is 0. The van der Waals surface area contributed by atoms with Gasteiger partial charge in [0.2, 0.25) is 0 Å². The van der Waals surface area contributed by atoms with Gasteiger partial charge in [-0.25, -0.2) is 0 Å². The zero-order chi connectivity index (χ0) is 54.4. The highest BCUT2D eigenvalue weighted by Gasteiger charge is 2.62. The largest absolute Gasteiger partial charge is 0.462 e. The van der Waals surface area contributed by atoms with Gasteiger partial charge in [-0.3, -0.25) is 9.59 Å². The van der Waals surface area contributed by atoms with E-state index in [2.05, 4.69) is 95.2 Å². The van der Waals surface area contributed by atoms with Crippen molar-refractivity contribution in [3.8, 4) is 0 Å². The number of ether oxygens (including phenoxy) is 2. The monoisotopic (exact) mass is 1050 g/mol. The molecule has 76 heavy (non-hydrogen) atoms. The molecular formula is C72H122O4. The molecule has 8 aliphatic carbocycles. The molecule has 0 aromatic rings. The Morgan fingerprint density at radius 1 is 0.500 bits per heavy atom. The van der Waals surface area contributed by atoms with Gasteiger partial charge in [0.05, 0.1) is 0 Å². The molecule has 2 unspecified atom stereocenters. The Balaban J connectivity index is 0.846. The number of fused-ring (bicyclic) bond motifs is 10. The molecule has 0 radical (unpaired) electrons. The Morgan fingerprint density at radius 2 is 0.908 bits per heavy atom. The maximum Gasteiger partial charge on any atom is 0.306 e. The highest BCUT2D eigenvalue weighted by Crippen LogP contribution is 2.70. The minimum absolute atomic E-state index is 0.0108. The summed E-state index contributed by atoms with van der Waals surface area (Å²) in [6, 6.07) is 0. The summed E-state index contributed by atoms with van der Waals surface area (Å²) in [4.78, 5) is 27.8. The second-order valence-electron chi connectivity index (χ2n) is 30.9. The fourth-order valence-corrected chi connectivity index (χ4v) is 21.2. The van der Waals surface area contributed by atoms with E-state index in [1.54, 1.807) is 11.1 Å². The molecule has 4 heteroatoms. The van der Waals surface area contributed by atoms with Gasteiger partial charge in [-0.2, -0.15) is 0 Å².